The van der Waals surface area contributed by atoms with Gasteiger partial charge < -0.3 is 9.47 Å². The molecule has 0 atom stereocenters. The SMILES string of the molecule is c1ccc(-n2c3ccccc3c3ccc(N(c4ccc(-c5cccc6sc7ccccc7c56)cc4)c4cccc5sc6ccccc6c45)cc32)cc1. The molecule has 0 spiro atoms. The highest BCUT2D eigenvalue weighted by Gasteiger charge is 2.21. The first kappa shape index (κ1) is 29.5. The van der Waals surface area contributed by atoms with Crippen molar-refractivity contribution < 1.29 is 0 Å². The first-order valence-electron chi connectivity index (χ1n) is 17.6. The second kappa shape index (κ2) is 11.7. The van der Waals surface area contributed by atoms with Crippen LogP contribution in [0.25, 0.3) is 79.0 Å². The fraction of sp³-hybridized carbons (Fsp3) is 0. The predicted octanol–water partition coefficient (Wildman–Crippen LogP) is 14.7. The Morgan fingerprint density at radius 1 is 0.385 bits per heavy atom. The van der Waals surface area contributed by atoms with E-state index in [4.69, 9.17) is 0 Å². The van der Waals surface area contributed by atoms with Crippen molar-refractivity contribution in [3.05, 3.63) is 182 Å². The third kappa shape index (κ3) is 4.48. The second-order valence-electron chi connectivity index (χ2n) is 13.3. The number of hydrogen-bond donors (Lipinski definition) is 0. The Labute approximate surface area is 308 Å². The van der Waals surface area contributed by atoms with E-state index in [0.29, 0.717) is 0 Å². The molecule has 11 rings (SSSR count). The average molecular weight is 699 g/mol. The Bertz CT molecular complexity index is 3130. The Morgan fingerprint density at radius 2 is 0.962 bits per heavy atom. The van der Waals surface area contributed by atoms with Crippen LogP contribution in [0.15, 0.2) is 182 Å². The molecule has 0 aliphatic heterocycles. The summed E-state index contributed by atoms with van der Waals surface area (Å²) in [5, 5.41) is 7.72. The van der Waals surface area contributed by atoms with Crippen LogP contribution in [0.4, 0.5) is 17.1 Å². The number of fused-ring (bicyclic) bond motifs is 9. The molecule has 0 bridgehead atoms. The van der Waals surface area contributed by atoms with Gasteiger partial charge in [0.2, 0.25) is 0 Å². The van der Waals surface area contributed by atoms with Gasteiger partial charge in [-0.2, -0.15) is 0 Å². The first-order chi connectivity index (χ1) is 25.8. The molecule has 0 amide bonds. The maximum atomic E-state index is 2.46. The minimum atomic E-state index is 1.12. The minimum absolute atomic E-state index is 1.12. The van der Waals surface area contributed by atoms with Gasteiger partial charge >= 0.3 is 0 Å². The third-order valence-corrected chi connectivity index (χ3v) is 12.7. The lowest BCUT2D eigenvalue weighted by Gasteiger charge is -2.27. The number of aromatic nitrogens is 1. The largest absolute Gasteiger partial charge is 0.310 e. The van der Waals surface area contributed by atoms with Crippen molar-refractivity contribution >= 4 is 102 Å². The number of anilines is 3. The number of para-hydroxylation sites is 2. The minimum Gasteiger partial charge on any atom is -0.310 e. The van der Waals surface area contributed by atoms with Gasteiger partial charge in [-0.15, -0.1) is 22.7 Å². The van der Waals surface area contributed by atoms with Crippen LogP contribution in [-0.2, 0) is 0 Å². The molecule has 4 heteroatoms. The molecular weight excluding hydrogens is 669 g/mol. The summed E-state index contributed by atoms with van der Waals surface area (Å²) < 4.78 is 7.64. The van der Waals surface area contributed by atoms with Gasteiger partial charge in [-0.05, 0) is 83.9 Å². The van der Waals surface area contributed by atoms with E-state index in [1.807, 2.05) is 22.7 Å². The van der Waals surface area contributed by atoms with E-state index in [9.17, 15) is 0 Å². The summed E-state index contributed by atoms with van der Waals surface area (Å²) in [6.45, 7) is 0. The van der Waals surface area contributed by atoms with Crippen LogP contribution in [0.2, 0.25) is 0 Å². The van der Waals surface area contributed by atoms with E-state index in [0.717, 1.165) is 17.1 Å². The number of nitrogens with zero attached hydrogens (tertiary/aromatic N) is 2. The Kier molecular flexibility index (Phi) is 6.63. The van der Waals surface area contributed by atoms with Crippen LogP contribution >= 0.6 is 22.7 Å². The van der Waals surface area contributed by atoms with E-state index in [1.165, 1.54) is 79.0 Å². The summed E-state index contributed by atoms with van der Waals surface area (Å²) in [6.07, 6.45) is 0. The molecule has 0 saturated heterocycles. The molecular formula is C48H30N2S2. The molecule has 0 fully saturated rings. The van der Waals surface area contributed by atoms with Crippen molar-refractivity contribution in [3.8, 4) is 16.8 Å². The van der Waals surface area contributed by atoms with Gasteiger partial charge in [-0.1, -0.05) is 109 Å². The molecule has 3 aromatic heterocycles. The van der Waals surface area contributed by atoms with E-state index in [-0.39, 0.29) is 0 Å². The summed E-state index contributed by atoms with van der Waals surface area (Å²) >= 11 is 3.73. The highest BCUT2D eigenvalue weighted by molar-refractivity contribution is 7.26. The third-order valence-electron chi connectivity index (χ3n) is 10.4. The average Bonchev–Trinajstić information content (AvgIpc) is 3.88. The van der Waals surface area contributed by atoms with E-state index >= 15 is 0 Å². The number of benzene rings is 8. The Morgan fingerprint density at radius 3 is 1.73 bits per heavy atom. The smallest absolute Gasteiger partial charge is 0.0561 e. The Balaban J connectivity index is 1.15. The van der Waals surface area contributed by atoms with Gasteiger partial charge in [0.05, 0.1) is 16.7 Å². The van der Waals surface area contributed by atoms with Crippen LogP contribution < -0.4 is 4.90 Å². The standard InChI is InChI=1S/C48H30N2S2/c1-2-12-32(13-3-1)50-40-18-7-4-14-36(40)37-29-28-34(30-42(37)50)49(41-19-11-23-46-48(41)39-16-6-9-21-44(39)52-46)33-26-24-31(25-27-33)35-17-10-22-45-47(35)38-15-5-8-20-43(38)51-45/h1-30H. The molecule has 0 saturated carbocycles. The van der Waals surface area contributed by atoms with Crippen molar-refractivity contribution in [2.45, 2.75) is 0 Å². The van der Waals surface area contributed by atoms with Crippen LogP contribution in [0, 0.1) is 0 Å². The molecule has 0 radical (unpaired) electrons. The molecule has 11 aromatic rings. The van der Waals surface area contributed by atoms with Gasteiger partial charge in [0, 0.05) is 68.2 Å². The van der Waals surface area contributed by atoms with Crippen LogP contribution in [-0.4, -0.2) is 4.57 Å². The summed E-state index contributed by atoms with van der Waals surface area (Å²) in [5.41, 5.74) is 9.45. The number of thiophene rings is 2. The van der Waals surface area contributed by atoms with E-state index < -0.39 is 0 Å². The number of hydrogen-bond acceptors (Lipinski definition) is 3. The van der Waals surface area contributed by atoms with Crippen LogP contribution in [0.3, 0.4) is 0 Å². The summed E-state index contributed by atoms with van der Waals surface area (Å²) in [7, 11) is 0. The topological polar surface area (TPSA) is 8.17 Å². The van der Waals surface area contributed by atoms with E-state index in [1.54, 1.807) is 0 Å². The van der Waals surface area contributed by atoms with Gasteiger partial charge in [0.25, 0.3) is 0 Å². The molecule has 52 heavy (non-hydrogen) atoms. The first-order valence-corrected chi connectivity index (χ1v) is 19.2. The fourth-order valence-electron chi connectivity index (χ4n) is 8.13. The zero-order valence-corrected chi connectivity index (χ0v) is 29.7. The maximum absolute atomic E-state index is 2.46. The summed E-state index contributed by atoms with van der Waals surface area (Å²) in [5.74, 6) is 0. The van der Waals surface area contributed by atoms with Crippen molar-refractivity contribution in [1.29, 1.82) is 0 Å². The Hall–Kier alpha value is -6.20. The van der Waals surface area contributed by atoms with Crippen molar-refractivity contribution in [1.82, 2.24) is 4.57 Å². The molecule has 0 N–H and O–H groups in total. The quantitative estimate of drug-likeness (QED) is 0.174. The zero-order valence-electron chi connectivity index (χ0n) is 28.0. The highest BCUT2D eigenvalue weighted by atomic mass is 32.1. The highest BCUT2D eigenvalue weighted by Crippen LogP contribution is 2.47. The van der Waals surface area contributed by atoms with Crippen molar-refractivity contribution in [2.75, 3.05) is 4.90 Å². The molecule has 0 aliphatic rings. The van der Waals surface area contributed by atoms with Crippen LogP contribution in [0.5, 0.6) is 0 Å². The normalized spacial score (nSPS) is 11.8. The monoisotopic (exact) mass is 698 g/mol. The van der Waals surface area contributed by atoms with Gasteiger partial charge in [0.15, 0.2) is 0 Å². The molecule has 8 aromatic carbocycles. The lowest BCUT2D eigenvalue weighted by atomic mass is 9.99. The van der Waals surface area contributed by atoms with Gasteiger partial charge in [-0.3, -0.25) is 0 Å². The van der Waals surface area contributed by atoms with Crippen molar-refractivity contribution in [3.63, 3.8) is 0 Å². The van der Waals surface area contributed by atoms with Gasteiger partial charge in [0.1, 0.15) is 0 Å². The fourth-order valence-corrected chi connectivity index (χ4v) is 10.4. The zero-order chi connectivity index (χ0) is 34.2. The predicted molar refractivity (Wildman–Crippen MR) is 227 cm³/mol. The molecule has 244 valence electrons. The van der Waals surface area contributed by atoms with Gasteiger partial charge in [-0.25, -0.2) is 0 Å². The lowest BCUT2D eigenvalue weighted by molar-refractivity contribution is 1.18. The van der Waals surface area contributed by atoms with E-state index in [2.05, 4.69) is 191 Å². The molecule has 3 heterocycles. The summed E-state index contributed by atoms with van der Waals surface area (Å²) in [6, 6.07) is 66.7. The van der Waals surface area contributed by atoms with Crippen LogP contribution in [0.1, 0.15) is 0 Å². The molecule has 0 aliphatic carbocycles. The lowest BCUT2D eigenvalue weighted by Crippen LogP contribution is -2.10. The molecule has 0 unspecified atom stereocenters. The maximum Gasteiger partial charge on any atom is 0.0561 e. The second-order valence-corrected chi connectivity index (χ2v) is 15.5. The van der Waals surface area contributed by atoms with Crippen molar-refractivity contribution in [2.24, 2.45) is 0 Å². The number of rotatable bonds is 5. The summed E-state index contributed by atoms with van der Waals surface area (Å²) in [4.78, 5) is 2.46. The molecule has 2 nitrogen and oxygen atoms in total.